The third-order valence-corrected chi connectivity index (χ3v) is 2.37. The lowest BCUT2D eigenvalue weighted by Crippen LogP contribution is -2.19. The van der Waals surface area contributed by atoms with Crippen molar-refractivity contribution in [3.05, 3.63) is 23.9 Å². The van der Waals surface area contributed by atoms with E-state index in [0.29, 0.717) is 22.3 Å². The van der Waals surface area contributed by atoms with Crippen LogP contribution in [0.25, 0.3) is 0 Å². The van der Waals surface area contributed by atoms with Gasteiger partial charge in [0.15, 0.2) is 0 Å². The molecule has 0 amide bonds. The number of hydrogen-bond acceptors (Lipinski definition) is 3. The maximum absolute atomic E-state index is 5.74. The summed E-state index contributed by atoms with van der Waals surface area (Å²) in [5.41, 5.74) is 6.30. The predicted octanol–water partition coefficient (Wildman–Crippen LogP) is 2.53. The molecule has 0 saturated carbocycles. The van der Waals surface area contributed by atoms with E-state index >= 15 is 0 Å². The summed E-state index contributed by atoms with van der Waals surface area (Å²) >= 11 is 4.95. The molecular formula is C12H18N2OS. The van der Waals surface area contributed by atoms with Gasteiger partial charge < -0.3 is 10.5 Å². The van der Waals surface area contributed by atoms with E-state index in [1.54, 1.807) is 12.3 Å². The van der Waals surface area contributed by atoms with Crippen LogP contribution in [0.4, 0.5) is 0 Å². The Morgan fingerprint density at radius 3 is 2.75 bits per heavy atom. The van der Waals surface area contributed by atoms with Gasteiger partial charge in [0, 0.05) is 6.20 Å². The van der Waals surface area contributed by atoms with Gasteiger partial charge in [0.1, 0.15) is 4.99 Å². The van der Waals surface area contributed by atoms with Crippen molar-refractivity contribution in [3.8, 4) is 5.88 Å². The molecule has 1 atom stereocenters. The number of nitrogens with zero attached hydrogens (tertiary/aromatic N) is 1. The number of pyridine rings is 1. The molecule has 1 rings (SSSR count). The molecule has 0 aliphatic heterocycles. The molecule has 1 aromatic heterocycles. The average molecular weight is 238 g/mol. The van der Waals surface area contributed by atoms with E-state index in [4.69, 9.17) is 22.7 Å². The van der Waals surface area contributed by atoms with Gasteiger partial charge in [-0.15, -0.1) is 0 Å². The number of hydrogen-bond donors (Lipinski definition) is 1. The number of aromatic nitrogens is 1. The molecule has 1 unspecified atom stereocenters. The van der Waals surface area contributed by atoms with Gasteiger partial charge in [-0.1, -0.05) is 26.1 Å². The summed E-state index contributed by atoms with van der Waals surface area (Å²) in [6.07, 6.45) is 2.77. The topological polar surface area (TPSA) is 48.1 Å². The smallest absolute Gasteiger partial charge is 0.223 e. The number of ether oxygens (including phenoxy) is 1. The second-order valence-corrected chi connectivity index (χ2v) is 4.72. The van der Waals surface area contributed by atoms with E-state index in [2.05, 4.69) is 18.8 Å². The lowest BCUT2D eigenvalue weighted by Gasteiger charge is -2.17. The zero-order valence-electron chi connectivity index (χ0n) is 9.93. The predicted molar refractivity (Wildman–Crippen MR) is 69.7 cm³/mol. The van der Waals surface area contributed by atoms with Crippen LogP contribution < -0.4 is 10.5 Å². The van der Waals surface area contributed by atoms with Gasteiger partial charge in [0.05, 0.1) is 11.7 Å². The highest BCUT2D eigenvalue weighted by Crippen LogP contribution is 2.18. The summed E-state index contributed by atoms with van der Waals surface area (Å²) in [6.45, 7) is 6.34. The Kier molecular flexibility index (Phi) is 4.68. The van der Waals surface area contributed by atoms with Gasteiger partial charge in [-0.25, -0.2) is 4.98 Å². The molecule has 0 saturated heterocycles. The first-order chi connectivity index (χ1) is 7.50. The minimum absolute atomic E-state index is 0.114. The molecule has 0 aromatic carbocycles. The Morgan fingerprint density at radius 2 is 2.19 bits per heavy atom. The fraction of sp³-hybridized carbons (Fsp3) is 0.500. The molecule has 0 aliphatic rings. The van der Waals surface area contributed by atoms with Crippen molar-refractivity contribution in [1.82, 2.24) is 4.98 Å². The molecule has 0 aliphatic carbocycles. The molecular weight excluding hydrogens is 220 g/mol. The third kappa shape index (κ3) is 3.77. The minimum atomic E-state index is 0.114. The maximum Gasteiger partial charge on any atom is 0.223 e. The molecule has 2 N–H and O–H groups in total. The summed E-state index contributed by atoms with van der Waals surface area (Å²) in [5, 5.41) is 0. The monoisotopic (exact) mass is 238 g/mol. The average Bonchev–Trinajstić information content (AvgIpc) is 2.16. The number of rotatable bonds is 5. The quantitative estimate of drug-likeness (QED) is 0.801. The standard InChI is InChI=1S/C12H18N2OS/c1-8(2)7-9(3)15-12-10(11(13)16)5-4-6-14-12/h4-6,8-9H,7H2,1-3H3,(H2,13,16). The Balaban J connectivity index is 2.76. The van der Waals surface area contributed by atoms with Crippen LogP contribution >= 0.6 is 12.2 Å². The van der Waals surface area contributed by atoms with Crippen LogP contribution in [0.1, 0.15) is 32.8 Å². The van der Waals surface area contributed by atoms with Crippen LogP contribution in [0, 0.1) is 5.92 Å². The van der Waals surface area contributed by atoms with Crippen LogP contribution in [0.5, 0.6) is 5.88 Å². The van der Waals surface area contributed by atoms with Crippen molar-refractivity contribution in [2.75, 3.05) is 0 Å². The van der Waals surface area contributed by atoms with Gasteiger partial charge in [-0.05, 0) is 31.4 Å². The van der Waals surface area contributed by atoms with E-state index in [0.717, 1.165) is 6.42 Å². The summed E-state index contributed by atoms with van der Waals surface area (Å²) in [5.74, 6) is 1.12. The minimum Gasteiger partial charge on any atom is -0.474 e. The van der Waals surface area contributed by atoms with Gasteiger partial charge in [0.25, 0.3) is 0 Å². The van der Waals surface area contributed by atoms with E-state index in [1.807, 2.05) is 13.0 Å². The van der Waals surface area contributed by atoms with E-state index in [1.165, 1.54) is 0 Å². The number of thiocarbonyl (C=S) groups is 1. The normalized spacial score (nSPS) is 12.5. The Bertz CT molecular complexity index is 366. The summed E-state index contributed by atoms with van der Waals surface area (Å²) in [7, 11) is 0. The molecule has 88 valence electrons. The third-order valence-electron chi connectivity index (χ3n) is 2.15. The Hall–Kier alpha value is -1.16. The summed E-state index contributed by atoms with van der Waals surface area (Å²) < 4.78 is 5.74. The zero-order chi connectivity index (χ0) is 12.1. The fourth-order valence-corrected chi connectivity index (χ4v) is 1.73. The highest BCUT2D eigenvalue weighted by Gasteiger charge is 2.12. The second kappa shape index (κ2) is 5.80. The second-order valence-electron chi connectivity index (χ2n) is 4.28. The fourth-order valence-electron chi connectivity index (χ4n) is 1.57. The van der Waals surface area contributed by atoms with E-state index in [-0.39, 0.29) is 6.10 Å². The Morgan fingerprint density at radius 1 is 1.50 bits per heavy atom. The van der Waals surface area contributed by atoms with Crippen LogP contribution in [-0.2, 0) is 0 Å². The van der Waals surface area contributed by atoms with Gasteiger partial charge in [-0.3, -0.25) is 0 Å². The van der Waals surface area contributed by atoms with Gasteiger partial charge in [-0.2, -0.15) is 0 Å². The van der Waals surface area contributed by atoms with Crippen molar-refractivity contribution in [1.29, 1.82) is 0 Å². The lowest BCUT2D eigenvalue weighted by molar-refractivity contribution is 0.185. The molecule has 1 aromatic rings. The van der Waals surface area contributed by atoms with Gasteiger partial charge in [0.2, 0.25) is 5.88 Å². The summed E-state index contributed by atoms with van der Waals surface area (Å²) in [6, 6.07) is 3.63. The molecule has 16 heavy (non-hydrogen) atoms. The first kappa shape index (κ1) is 12.9. The largest absolute Gasteiger partial charge is 0.474 e. The van der Waals surface area contributed by atoms with Crippen molar-refractivity contribution < 1.29 is 4.74 Å². The van der Waals surface area contributed by atoms with Crippen molar-refractivity contribution in [2.45, 2.75) is 33.3 Å². The summed E-state index contributed by atoms with van der Waals surface area (Å²) in [4.78, 5) is 4.48. The van der Waals surface area contributed by atoms with Gasteiger partial charge >= 0.3 is 0 Å². The highest BCUT2D eigenvalue weighted by atomic mass is 32.1. The first-order valence-electron chi connectivity index (χ1n) is 5.42. The molecule has 0 spiro atoms. The lowest BCUT2D eigenvalue weighted by atomic mass is 10.1. The highest BCUT2D eigenvalue weighted by molar-refractivity contribution is 7.80. The van der Waals surface area contributed by atoms with E-state index < -0.39 is 0 Å². The van der Waals surface area contributed by atoms with Crippen molar-refractivity contribution >= 4 is 17.2 Å². The molecule has 4 heteroatoms. The van der Waals surface area contributed by atoms with Crippen LogP contribution in [0.2, 0.25) is 0 Å². The molecule has 0 bridgehead atoms. The molecule has 0 fully saturated rings. The molecule has 1 heterocycles. The zero-order valence-corrected chi connectivity index (χ0v) is 10.8. The maximum atomic E-state index is 5.74. The van der Waals surface area contributed by atoms with Crippen LogP contribution in [-0.4, -0.2) is 16.1 Å². The van der Waals surface area contributed by atoms with Crippen LogP contribution in [0.15, 0.2) is 18.3 Å². The molecule has 0 radical (unpaired) electrons. The van der Waals surface area contributed by atoms with Crippen molar-refractivity contribution in [2.24, 2.45) is 11.7 Å². The molecule has 3 nitrogen and oxygen atoms in total. The Labute approximate surface area is 102 Å². The van der Waals surface area contributed by atoms with E-state index in [9.17, 15) is 0 Å². The number of nitrogens with two attached hydrogens (primary N) is 1. The van der Waals surface area contributed by atoms with Crippen molar-refractivity contribution in [3.63, 3.8) is 0 Å². The SMILES string of the molecule is CC(C)CC(C)Oc1ncccc1C(N)=S. The first-order valence-corrected chi connectivity index (χ1v) is 5.83. The van der Waals surface area contributed by atoms with Crippen LogP contribution in [0.3, 0.4) is 0 Å².